The number of carbonyl (C=O) groups excluding carboxylic acids is 2. The van der Waals surface area contributed by atoms with E-state index >= 15 is 0 Å². The molecule has 0 bridgehead atoms. The molecular formula is C23H22N2O3S. The number of carbonyl (C=O) groups is 2. The summed E-state index contributed by atoms with van der Waals surface area (Å²) in [6.45, 7) is 2.36. The van der Waals surface area contributed by atoms with E-state index in [2.05, 4.69) is 17.4 Å². The van der Waals surface area contributed by atoms with Crippen molar-refractivity contribution in [2.75, 3.05) is 16.8 Å². The van der Waals surface area contributed by atoms with Gasteiger partial charge in [-0.25, -0.2) is 0 Å². The second kappa shape index (κ2) is 8.49. The normalized spacial score (nSPS) is 15.6. The molecule has 0 saturated heterocycles. The van der Waals surface area contributed by atoms with Gasteiger partial charge in [0, 0.05) is 12.2 Å². The predicted octanol–water partition coefficient (Wildman–Crippen LogP) is 4.75. The van der Waals surface area contributed by atoms with Crippen LogP contribution in [0.3, 0.4) is 0 Å². The fourth-order valence-electron chi connectivity index (χ4n) is 3.40. The average molecular weight is 407 g/mol. The van der Waals surface area contributed by atoms with Crippen molar-refractivity contribution in [1.82, 2.24) is 0 Å². The van der Waals surface area contributed by atoms with E-state index in [0.29, 0.717) is 28.5 Å². The van der Waals surface area contributed by atoms with Crippen LogP contribution in [-0.4, -0.2) is 24.5 Å². The minimum atomic E-state index is -0.522. The second-order valence-corrected chi connectivity index (χ2v) is 7.90. The molecule has 1 aromatic heterocycles. The van der Waals surface area contributed by atoms with Crippen LogP contribution in [0.2, 0.25) is 0 Å². The Bertz CT molecular complexity index is 1000. The summed E-state index contributed by atoms with van der Waals surface area (Å²) in [7, 11) is 0. The summed E-state index contributed by atoms with van der Waals surface area (Å²) < 4.78 is 5.77. The Morgan fingerprint density at radius 1 is 1.14 bits per heavy atom. The van der Waals surface area contributed by atoms with E-state index in [4.69, 9.17) is 4.74 Å². The Morgan fingerprint density at radius 2 is 1.97 bits per heavy atom. The van der Waals surface area contributed by atoms with Crippen LogP contribution in [0.15, 0.2) is 66.0 Å². The quantitative estimate of drug-likeness (QED) is 0.643. The van der Waals surface area contributed by atoms with Crippen LogP contribution < -0.4 is 15.0 Å². The second-order valence-electron chi connectivity index (χ2n) is 6.95. The van der Waals surface area contributed by atoms with Gasteiger partial charge < -0.3 is 15.0 Å². The Labute approximate surface area is 173 Å². The smallest absolute Gasteiger partial charge is 0.267 e. The highest BCUT2D eigenvalue weighted by molar-refractivity contribution is 7.12. The Balaban J connectivity index is 1.51. The minimum Gasteiger partial charge on any atom is -0.479 e. The molecule has 2 aromatic carbocycles. The average Bonchev–Trinajstić information content (AvgIpc) is 3.27. The topological polar surface area (TPSA) is 58.6 Å². The molecule has 2 amide bonds. The molecule has 5 nitrogen and oxygen atoms in total. The summed E-state index contributed by atoms with van der Waals surface area (Å²) in [5.41, 5.74) is 2.59. The van der Waals surface area contributed by atoms with Gasteiger partial charge in [0.2, 0.25) is 0 Å². The lowest BCUT2D eigenvalue weighted by Gasteiger charge is -2.33. The van der Waals surface area contributed by atoms with Crippen LogP contribution in [0.4, 0.5) is 11.4 Å². The Morgan fingerprint density at radius 3 is 2.72 bits per heavy atom. The lowest BCUT2D eigenvalue weighted by atomic mass is 10.1. The van der Waals surface area contributed by atoms with Gasteiger partial charge in [-0.1, -0.05) is 36.4 Å². The van der Waals surface area contributed by atoms with E-state index in [1.54, 1.807) is 24.0 Å². The van der Waals surface area contributed by atoms with Crippen molar-refractivity contribution in [3.05, 3.63) is 76.5 Å². The first kappa shape index (κ1) is 19.2. The van der Waals surface area contributed by atoms with Crippen molar-refractivity contribution in [3.8, 4) is 5.75 Å². The maximum atomic E-state index is 12.8. The molecule has 0 fully saturated rings. The zero-order chi connectivity index (χ0) is 20.2. The number of aryl methyl sites for hydroxylation is 1. The fraction of sp³-hybridized carbons (Fsp3) is 0.217. The first-order valence-corrected chi connectivity index (χ1v) is 10.5. The molecule has 1 N–H and O–H groups in total. The van der Waals surface area contributed by atoms with Crippen LogP contribution in [-0.2, 0) is 11.2 Å². The summed E-state index contributed by atoms with van der Waals surface area (Å²) in [6.07, 6.45) is 1.21. The number of nitrogens with zero attached hydrogens (tertiary/aromatic N) is 1. The van der Waals surface area contributed by atoms with Gasteiger partial charge in [0.15, 0.2) is 6.10 Å². The number of benzene rings is 2. The van der Waals surface area contributed by atoms with Gasteiger partial charge in [-0.15, -0.1) is 11.3 Å². The summed E-state index contributed by atoms with van der Waals surface area (Å²) in [4.78, 5) is 27.5. The molecule has 2 heterocycles. The molecule has 1 aliphatic heterocycles. The van der Waals surface area contributed by atoms with E-state index in [1.807, 2.05) is 41.8 Å². The molecule has 29 heavy (non-hydrogen) atoms. The molecule has 1 atom stereocenters. The highest BCUT2D eigenvalue weighted by atomic mass is 32.1. The Hall–Kier alpha value is -3.12. The van der Waals surface area contributed by atoms with Crippen LogP contribution in [0, 0.1) is 0 Å². The molecule has 148 valence electrons. The van der Waals surface area contributed by atoms with Crippen LogP contribution >= 0.6 is 11.3 Å². The van der Waals surface area contributed by atoms with Gasteiger partial charge in [0.1, 0.15) is 5.75 Å². The van der Waals surface area contributed by atoms with Gasteiger partial charge >= 0.3 is 0 Å². The lowest BCUT2D eigenvalue weighted by Crippen LogP contribution is -2.45. The number of rotatable bonds is 6. The number of hydrogen-bond acceptors (Lipinski definition) is 4. The highest BCUT2D eigenvalue weighted by Crippen LogP contribution is 2.36. The monoisotopic (exact) mass is 406 g/mol. The molecular weight excluding hydrogens is 384 g/mol. The maximum absolute atomic E-state index is 12.8. The van der Waals surface area contributed by atoms with Crippen molar-refractivity contribution in [2.24, 2.45) is 0 Å². The zero-order valence-corrected chi connectivity index (χ0v) is 16.9. The summed E-state index contributed by atoms with van der Waals surface area (Å²) in [5.74, 6) is 0.435. The van der Waals surface area contributed by atoms with Gasteiger partial charge in [0.25, 0.3) is 11.8 Å². The fourth-order valence-corrected chi connectivity index (χ4v) is 4.02. The molecule has 0 aliphatic carbocycles. The van der Waals surface area contributed by atoms with Crippen molar-refractivity contribution in [2.45, 2.75) is 25.9 Å². The van der Waals surface area contributed by atoms with Gasteiger partial charge in [-0.05, 0) is 55.0 Å². The zero-order valence-electron chi connectivity index (χ0n) is 16.1. The van der Waals surface area contributed by atoms with Gasteiger partial charge in [-0.2, -0.15) is 0 Å². The van der Waals surface area contributed by atoms with Crippen molar-refractivity contribution >= 4 is 34.5 Å². The van der Waals surface area contributed by atoms with Crippen molar-refractivity contribution < 1.29 is 14.3 Å². The standard InChI is InChI=1S/C23H22N2O3S/c1-16-23(27)25(13-5-9-17-7-3-2-4-8-17)19-15-18(11-12-20(19)28-16)24-22(26)21-10-6-14-29-21/h2-4,6-8,10-12,14-16H,5,9,13H2,1H3,(H,24,26). The number of anilines is 2. The molecule has 4 rings (SSSR count). The minimum absolute atomic E-state index is 0.0627. The number of amides is 2. The molecule has 1 unspecified atom stereocenters. The number of nitrogens with one attached hydrogen (secondary N) is 1. The first-order valence-electron chi connectivity index (χ1n) is 9.62. The van der Waals surface area contributed by atoms with E-state index in [0.717, 1.165) is 12.8 Å². The third-order valence-electron chi connectivity index (χ3n) is 4.86. The van der Waals surface area contributed by atoms with Crippen LogP contribution in [0.5, 0.6) is 5.75 Å². The molecule has 6 heteroatoms. The maximum Gasteiger partial charge on any atom is 0.267 e. The molecule has 0 saturated carbocycles. The summed E-state index contributed by atoms with van der Waals surface area (Å²) in [6, 6.07) is 19.3. The molecule has 0 radical (unpaired) electrons. The highest BCUT2D eigenvalue weighted by Gasteiger charge is 2.31. The van der Waals surface area contributed by atoms with E-state index < -0.39 is 6.10 Å². The van der Waals surface area contributed by atoms with E-state index in [-0.39, 0.29) is 11.8 Å². The largest absolute Gasteiger partial charge is 0.479 e. The lowest BCUT2D eigenvalue weighted by molar-refractivity contribution is -0.125. The molecule has 1 aliphatic rings. The van der Waals surface area contributed by atoms with E-state index in [9.17, 15) is 9.59 Å². The van der Waals surface area contributed by atoms with Gasteiger partial charge in [-0.3, -0.25) is 9.59 Å². The first-order chi connectivity index (χ1) is 14.1. The van der Waals surface area contributed by atoms with E-state index in [1.165, 1.54) is 16.9 Å². The predicted molar refractivity (Wildman–Crippen MR) is 116 cm³/mol. The molecule has 0 spiro atoms. The van der Waals surface area contributed by atoms with Crippen LogP contribution in [0.25, 0.3) is 0 Å². The SMILES string of the molecule is CC1Oc2ccc(NC(=O)c3cccs3)cc2N(CCCc2ccccc2)C1=O. The number of hydrogen-bond donors (Lipinski definition) is 1. The van der Waals surface area contributed by atoms with Crippen molar-refractivity contribution in [1.29, 1.82) is 0 Å². The summed E-state index contributed by atoms with van der Waals surface area (Å²) >= 11 is 1.39. The van der Waals surface area contributed by atoms with Gasteiger partial charge in [0.05, 0.1) is 10.6 Å². The summed E-state index contributed by atoms with van der Waals surface area (Å²) in [5, 5.41) is 4.77. The third kappa shape index (κ3) is 4.32. The number of fused-ring (bicyclic) bond motifs is 1. The van der Waals surface area contributed by atoms with Crippen LogP contribution in [0.1, 0.15) is 28.6 Å². The third-order valence-corrected chi connectivity index (χ3v) is 5.73. The van der Waals surface area contributed by atoms with Crippen molar-refractivity contribution in [3.63, 3.8) is 0 Å². The number of ether oxygens (including phenoxy) is 1. The number of thiophene rings is 1. The molecule has 3 aromatic rings. The Kier molecular flexibility index (Phi) is 5.62.